The zero-order chi connectivity index (χ0) is 15.1. The van der Waals surface area contributed by atoms with Crippen LogP contribution in [-0.4, -0.2) is 29.9 Å². The molecule has 4 nitrogen and oxygen atoms in total. The van der Waals surface area contributed by atoms with Gasteiger partial charge in [-0.05, 0) is 30.2 Å². The van der Waals surface area contributed by atoms with Crippen LogP contribution in [-0.2, 0) is 17.8 Å². The summed E-state index contributed by atoms with van der Waals surface area (Å²) < 4.78 is 5.30. The van der Waals surface area contributed by atoms with Crippen molar-refractivity contribution in [1.82, 2.24) is 9.88 Å². The fourth-order valence-electron chi connectivity index (χ4n) is 2.16. The molecule has 0 spiro atoms. The topological polar surface area (TPSA) is 42.4 Å². The van der Waals surface area contributed by atoms with Gasteiger partial charge in [-0.15, -0.1) is 0 Å². The largest absolute Gasteiger partial charge is 0.496 e. The molecule has 0 aliphatic rings. The third kappa shape index (κ3) is 4.31. The van der Waals surface area contributed by atoms with E-state index in [1.807, 2.05) is 42.5 Å². The van der Waals surface area contributed by atoms with E-state index in [0.29, 0.717) is 19.4 Å². The smallest absolute Gasteiger partial charge is 0.222 e. The number of amides is 1. The van der Waals surface area contributed by atoms with Gasteiger partial charge in [0.15, 0.2) is 0 Å². The zero-order valence-electron chi connectivity index (χ0n) is 12.5. The summed E-state index contributed by atoms with van der Waals surface area (Å²) >= 11 is 0. The van der Waals surface area contributed by atoms with Gasteiger partial charge < -0.3 is 9.64 Å². The Kier molecular flexibility index (Phi) is 5.32. The lowest BCUT2D eigenvalue weighted by molar-refractivity contribution is -0.130. The maximum Gasteiger partial charge on any atom is 0.222 e. The molecule has 0 atom stereocenters. The van der Waals surface area contributed by atoms with Gasteiger partial charge in [-0.3, -0.25) is 9.78 Å². The number of pyridine rings is 1. The van der Waals surface area contributed by atoms with E-state index >= 15 is 0 Å². The standard InChI is InChI=1S/C17H20N2O2/c1-19(13-15-8-5-6-12-18-15)17(20)11-10-14-7-3-4-9-16(14)21-2/h3-9,12H,10-11,13H2,1-2H3. The van der Waals surface area contributed by atoms with Crippen LogP contribution >= 0.6 is 0 Å². The average molecular weight is 284 g/mol. The van der Waals surface area contributed by atoms with E-state index in [4.69, 9.17) is 4.74 Å². The van der Waals surface area contributed by atoms with Crippen LogP contribution in [0, 0.1) is 0 Å². The second-order valence-corrected chi connectivity index (χ2v) is 4.88. The van der Waals surface area contributed by atoms with E-state index in [1.165, 1.54) is 0 Å². The van der Waals surface area contributed by atoms with Gasteiger partial charge in [-0.25, -0.2) is 0 Å². The number of methoxy groups -OCH3 is 1. The third-order valence-electron chi connectivity index (χ3n) is 3.35. The van der Waals surface area contributed by atoms with Crippen LogP contribution in [0.5, 0.6) is 5.75 Å². The highest BCUT2D eigenvalue weighted by Crippen LogP contribution is 2.19. The average Bonchev–Trinajstić information content (AvgIpc) is 2.53. The minimum atomic E-state index is 0.103. The summed E-state index contributed by atoms with van der Waals surface area (Å²) in [5, 5.41) is 0. The Hall–Kier alpha value is -2.36. The molecule has 110 valence electrons. The molecule has 4 heteroatoms. The Morgan fingerprint density at radius 1 is 1.19 bits per heavy atom. The number of hydrogen-bond acceptors (Lipinski definition) is 3. The van der Waals surface area contributed by atoms with Gasteiger partial charge in [0, 0.05) is 19.7 Å². The van der Waals surface area contributed by atoms with Gasteiger partial charge in [0.05, 0.1) is 19.3 Å². The van der Waals surface area contributed by atoms with Gasteiger partial charge in [-0.2, -0.15) is 0 Å². The van der Waals surface area contributed by atoms with Gasteiger partial charge in [0.2, 0.25) is 5.91 Å². The summed E-state index contributed by atoms with van der Waals surface area (Å²) in [4.78, 5) is 18.1. The van der Waals surface area contributed by atoms with Crippen LogP contribution in [0.1, 0.15) is 17.7 Å². The van der Waals surface area contributed by atoms with E-state index in [1.54, 1.807) is 25.3 Å². The summed E-state index contributed by atoms with van der Waals surface area (Å²) in [6.07, 6.45) is 2.88. The van der Waals surface area contributed by atoms with Crippen molar-refractivity contribution in [2.75, 3.05) is 14.2 Å². The van der Waals surface area contributed by atoms with Crippen LogP contribution in [0.15, 0.2) is 48.7 Å². The van der Waals surface area contributed by atoms with Crippen LogP contribution in [0.4, 0.5) is 0 Å². The lowest BCUT2D eigenvalue weighted by atomic mass is 10.1. The predicted molar refractivity (Wildman–Crippen MR) is 82.0 cm³/mol. The fraction of sp³-hybridized carbons (Fsp3) is 0.294. The molecule has 1 aromatic carbocycles. The Bertz CT molecular complexity index is 584. The van der Waals surface area contributed by atoms with Crippen molar-refractivity contribution < 1.29 is 9.53 Å². The molecule has 0 aliphatic carbocycles. The summed E-state index contributed by atoms with van der Waals surface area (Å²) in [7, 11) is 3.45. The quantitative estimate of drug-likeness (QED) is 0.819. The second-order valence-electron chi connectivity index (χ2n) is 4.88. The van der Waals surface area contributed by atoms with Crippen molar-refractivity contribution in [2.24, 2.45) is 0 Å². The number of benzene rings is 1. The van der Waals surface area contributed by atoms with E-state index in [-0.39, 0.29) is 5.91 Å². The second kappa shape index (κ2) is 7.43. The normalized spacial score (nSPS) is 10.2. The number of aryl methyl sites for hydroxylation is 1. The van der Waals surface area contributed by atoms with Crippen LogP contribution in [0.3, 0.4) is 0 Å². The van der Waals surface area contributed by atoms with E-state index in [9.17, 15) is 4.79 Å². The van der Waals surface area contributed by atoms with Crippen LogP contribution in [0.25, 0.3) is 0 Å². The molecule has 2 rings (SSSR count). The Labute approximate surface area is 125 Å². The number of carbonyl (C=O) groups is 1. The number of nitrogens with zero attached hydrogens (tertiary/aromatic N) is 2. The van der Waals surface area contributed by atoms with Crippen LogP contribution in [0.2, 0.25) is 0 Å². The molecular formula is C17H20N2O2. The van der Waals surface area contributed by atoms with E-state index in [2.05, 4.69) is 4.98 Å². The first-order valence-corrected chi connectivity index (χ1v) is 6.96. The van der Waals surface area contributed by atoms with E-state index < -0.39 is 0 Å². The molecule has 0 bridgehead atoms. The minimum Gasteiger partial charge on any atom is -0.496 e. The first-order valence-electron chi connectivity index (χ1n) is 6.96. The molecule has 0 saturated carbocycles. The lowest BCUT2D eigenvalue weighted by Crippen LogP contribution is -2.26. The maximum atomic E-state index is 12.2. The number of hydrogen-bond donors (Lipinski definition) is 0. The van der Waals surface area contributed by atoms with Gasteiger partial charge in [0.25, 0.3) is 0 Å². The molecule has 0 fully saturated rings. The first kappa shape index (κ1) is 15.0. The molecule has 0 N–H and O–H groups in total. The molecule has 0 saturated heterocycles. The number of para-hydroxylation sites is 1. The van der Waals surface area contributed by atoms with Crippen molar-refractivity contribution in [3.8, 4) is 5.75 Å². The fourth-order valence-corrected chi connectivity index (χ4v) is 2.16. The third-order valence-corrected chi connectivity index (χ3v) is 3.35. The number of carbonyl (C=O) groups excluding carboxylic acids is 1. The molecule has 1 heterocycles. The minimum absolute atomic E-state index is 0.103. The first-order chi connectivity index (χ1) is 10.2. The number of rotatable bonds is 6. The van der Waals surface area contributed by atoms with Crippen molar-refractivity contribution in [2.45, 2.75) is 19.4 Å². The summed E-state index contributed by atoms with van der Waals surface area (Å²) in [5.41, 5.74) is 1.95. The molecule has 0 radical (unpaired) electrons. The molecule has 0 aliphatic heterocycles. The number of ether oxygens (including phenoxy) is 1. The van der Waals surface area contributed by atoms with Crippen molar-refractivity contribution in [3.63, 3.8) is 0 Å². The summed E-state index contributed by atoms with van der Waals surface area (Å²) in [6.45, 7) is 0.533. The van der Waals surface area contributed by atoms with Crippen molar-refractivity contribution in [3.05, 3.63) is 59.9 Å². The predicted octanol–water partition coefficient (Wildman–Crippen LogP) is 2.68. The zero-order valence-corrected chi connectivity index (χ0v) is 12.5. The Morgan fingerprint density at radius 2 is 1.95 bits per heavy atom. The summed E-state index contributed by atoms with van der Waals surface area (Å²) in [5.74, 6) is 0.934. The number of aromatic nitrogens is 1. The highest BCUT2D eigenvalue weighted by molar-refractivity contribution is 5.76. The van der Waals surface area contributed by atoms with Crippen LogP contribution < -0.4 is 4.74 Å². The monoisotopic (exact) mass is 284 g/mol. The van der Waals surface area contributed by atoms with Crippen molar-refractivity contribution in [1.29, 1.82) is 0 Å². The molecule has 1 amide bonds. The Balaban J connectivity index is 1.89. The lowest BCUT2D eigenvalue weighted by Gasteiger charge is -2.17. The molecule has 21 heavy (non-hydrogen) atoms. The van der Waals surface area contributed by atoms with Gasteiger partial charge >= 0.3 is 0 Å². The molecular weight excluding hydrogens is 264 g/mol. The highest BCUT2D eigenvalue weighted by Gasteiger charge is 2.11. The maximum absolute atomic E-state index is 12.2. The van der Waals surface area contributed by atoms with E-state index in [0.717, 1.165) is 17.0 Å². The molecule has 0 unspecified atom stereocenters. The van der Waals surface area contributed by atoms with Gasteiger partial charge in [-0.1, -0.05) is 24.3 Å². The molecule has 1 aromatic heterocycles. The molecule has 2 aromatic rings. The van der Waals surface area contributed by atoms with Crippen molar-refractivity contribution >= 4 is 5.91 Å². The SMILES string of the molecule is COc1ccccc1CCC(=O)N(C)Cc1ccccn1. The summed E-state index contributed by atoms with van der Waals surface area (Å²) in [6, 6.07) is 13.5. The highest BCUT2D eigenvalue weighted by atomic mass is 16.5. The Morgan fingerprint density at radius 3 is 2.67 bits per heavy atom. The van der Waals surface area contributed by atoms with Gasteiger partial charge in [0.1, 0.15) is 5.75 Å².